The molecule has 6 N–H and O–H groups in total. The molecule has 2 aromatic heterocycles. The van der Waals surface area contributed by atoms with Gasteiger partial charge in [0.15, 0.2) is 12.4 Å². The molecule has 0 aliphatic carbocycles. The molecule has 21 heavy (non-hydrogen) atoms. The molecule has 0 atom stereocenters. The smallest absolute Gasteiger partial charge is 1.00 e. The van der Waals surface area contributed by atoms with Crippen LogP contribution < -0.4 is 41.3 Å². The van der Waals surface area contributed by atoms with Crippen molar-refractivity contribution in [2.24, 2.45) is 5.73 Å². The van der Waals surface area contributed by atoms with Crippen LogP contribution in [0.25, 0.3) is 0 Å². The number of hydrogen-bond acceptors (Lipinski definition) is 3. The number of rotatable bonds is 2. The van der Waals surface area contributed by atoms with Crippen molar-refractivity contribution < 1.29 is 61.9 Å². The Bertz CT molecular complexity index is 480. The first kappa shape index (κ1) is 24.5. The van der Waals surface area contributed by atoms with E-state index in [1.165, 1.54) is 6.20 Å². The number of quaternary nitrogens is 1. The summed E-state index contributed by atoms with van der Waals surface area (Å²) in [5, 5.41) is 0. The maximum atomic E-state index is 10.5. The van der Waals surface area contributed by atoms with Crippen molar-refractivity contribution in [2.45, 2.75) is 0 Å². The molecule has 0 saturated heterocycles. The predicted octanol–water partition coefficient (Wildman–Crippen LogP) is -6.93. The number of H-pyrrole nitrogens is 1. The average Bonchev–Trinajstić information content (AvgIpc) is 2.41. The number of aromatic amines is 1. The normalized spacial score (nSPS) is 7.67. The number of carbonyl (C=O) groups is 2. The van der Waals surface area contributed by atoms with Crippen molar-refractivity contribution in [3.05, 3.63) is 60.2 Å². The fraction of sp³-hybridized carbons (Fsp3) is 0. The number of amides is 2. The van der Waals surface area contributed by atoms with Gasteiger partial charge in [0.1, 0.15) is 5.56 Å². The van der Waals surface area contributed by atoms with Crippen LogP contribution in [0.5, 0.6) is 0 Å². The largest absolute Gasteiger partial charge is 2.00 e. The third-order valence-corrected chi connectivity index (χ3v) is 1.98. The molecule has 2 amide bonds. The minimum Gasteiger partial charge on any atom is -1.00 e. The van der Waals surface area contributed by atoms with Crippen LogP contribution in [0.2, 0.25) is 0 Å². The Morgan fingerprint density at radius 3 is 2.05 bits per heavy atom. The third kappa shape index (κ3) is 9.94. The summed E-state index contributed by atoms with van der Waals surface area (Å²) in [7, 11) is 0. The van der Waals surface area contributed by atoms with Crippen molar-refractivity contribution in [3.63, 3.8) is 0 Å². The quantitative estimate of drug-likeness (QED) is 0.543. The van der Waals surface area contributed by atoms with Gasteiger partial charge < -0.3 is 30.5 Å². The molecule has 2 rings (SSSR count). The SMILES string of the molecule is NC(=O)c1cccnc1.[Cl-].[Cl-].[Co+2].[NH3+]C(=O)c1ccc[nH+]c1. The van der Waals surface area contributed by atoms with Crippen LogP contribution in [0.1, 0.15) is 20.7 Å². The first-order valence-electron chi connectivity index (χ1n) is 5.13. The molecule has 2 aromatic rings. The van der Waals surface area contributed by atoms with Crippen molar-refractivity contribution >= 4 is 11.8 Å². The summed E-state index contributed by atoms with van der Waals surface area (Å²) in [6.45, 7) is 0. The zero-order valence-corrected chi connectivity index (χ0v) is 13.3. The van der Waals surface area contributed by atoms with Gasteiger partial charge in [-0.25, -0.2) is 9.78 Å². The molecule has 0 bridgehead atoms. The number of pyridine rings is 2. The number of nitrogens with two attached hydrogens (primary N) is 1. The van der Waals surface area contributed by atoms with E-state index in [1.807, 2.05) is 0 Å². The van der Waals surface area contributed by atoms with Crippen molar-refractivity contribution in [3.8, 4) is 0 Å². The second kappa shape index (κ2) is 13.5. The van der Waals surface area contributed by atoms with E-state index in [-0.39, 0.29) is 47.5 Å². The van der Waals surface area contributed by atoms with Gasteiger partial charge in [-0.3, -0.25) is 15.5 Å². The molecule has 0 aromatic carbocycles. The third-order valence-electron chi connectivity index (χ3n) is 1.98. The molecule has 6 nitrogen and oxygen atoms in total. The Labute approximate surface area is 144 Å². The standard InChI is InChI=1S/2C6H6N2O.2ClH.Co/c2*7-6(9)5-2-1-3-8-4-5;;;/h2*1-4H,(H2,7,9);2*1H;/q;;;;+2. The zero-order chi connectivity index (χ0) is 13.4. The summed E-state index contributed by atoms with van der Waals surface area (Å²) < 4.78 is 0. The summed E-state index contributed by atoms with van der Waals surface area (Å²) in [6, 6.07) is 6.76. The van der Waals surface area contributed by atoms with Gasteiger partial charge in [0.2, 0.25) is 5.91 Å². The minimum atomic E-state index is -0.442. The van der Waals surface area contributed by atoms with Crippen LogP contribution in [-0.4, -0.2) is 16.8 Å². The van der Waals surface area contributed by atoms with Crippen LogP contribution in [-0.2, 0) is 16.8 Å². The first-order chi connectivity index (χ1) is 8.61. The molecule has 0 unspecified atom stereocenters. The Balaban J connectivity index is -0.000000270. The predicted molar refractivity (Wildman–Crippen MR) is 63.0 cm³/mol. The summed E-state index contributed by atoms with van der Waals surface area (Å²) in [5.41, 5.74) is 9.24. The molecule has 2 heterocycles. The summed E-state index contributed by atoms with van der Waals surface area (Å²) in [5.74, 6) is -0.602. The average molecular weight is 376 g/mol. The molecule has 1 radical (unpaired) electrons. The fourth-order valence-electron chi connectivity index (χ4n) is 1.08. The minimum absolute atomic E-state index is 0. The van der Waals surface area contributed by atoms with Gasteiger partial charge in [-0.15, -0.1) is 0 Å². The van der Waals surface area contributed by atoms with E-state index in [0.29, 0.717) is 11.1 Å². The van der Waals surface area contributed by atoms with E-state index in [2.05, 4.69) is 15.7 Å². The van der Waals surface area contributed by atoms with Gasteiger partial charge in [-0.05, 0) is 18.2 Å². The van der Waals surface area contributed by atoms with Crippen LogP contribution in [0.4, 0.5) is 0 Å². The molecular formula is C12H14Cl2CoN4O2+2. The number of nitrogens with one attached hydrogen (secondary N) is 1. The zero-order valence-electron chi connectivity index (χ0n) is 10.8. The molecule has 0 aliphatic heterocycles. The molecule has 115 valence electrons. The topological polar surface area (TPSA) is 115 Å². The van der Waals surface area contributed by atoms with Gasteiger partial charge in [-0.2, -0.15) is 0 Å². The van der Waals surface area contributed by atoms with E-state index in [4.69, 9.17) is 5.73 Å². The maximum absolute atomic E-state index is 10.5. The van der Waals surface area contributed by atoms with Crippen LogP contribution in [0, 0.1) is 0 Å². The van der Waals surface area contributed by atoms with Crippen LogP contribution >= 0.6 is 0 Å². The summed E-state index contributed by atoms with van der Waals surface area (Å²) >= 11 is 0. The summed E-state index contributed by atoms with van der Waals surface area (Å²) in [6.07, 6.45) is 6.39. The number of primary amides is 1. The number of nitrogens with zero attached hydrogens (tertiary/aromatic N) is 1. The van der Waals surface area contributed by atoms with E-state index in [9.17, 15) is 9.59 Å². The van der Waals surface area contributed by atoms with E-state index >= 15 is 0 Å². The van der Waals surface area contributed by atoms with Crippen LogP contribution in [0.3, 0.4) is 0 Å². The van der Waals surface area contributed by atoms with E-state index < -0.39 is 5.91 Å². The van der Waals surface area contributed by atoms with Crippen molar-refractivity contribution in [2.75, 3.05) is 0 Å². The second-order valence-corrected chi connectivity index (χ2v) is 3.32. The molecule has 0 fully saturated rings. The fourth-order valence-corrected chi connectivity index (χ4v) is 1.08. The molecule has 9 heteroatoms. The van der Waals surface area contributed by atoms with Gasteiger partial charge in [0.05, 0.1) is 5.56 Å². The van der Waals surface area contributed by atoms with Crippen LogP contribution in [0.15, 0.2) is 49.1 Å². The first-order valence-corrected chi connectivity index (χ1v) is 5.13. The van der Waals surface area contributed by atoms with Gasteiger partial charge in [-0.1, -0.05) is 0 Å². The van der Waals surface area contributed by atoms with Gasteiger partial charge >= 0.3 is 22.7 Å². The molecule has 0 aliphatic rings. The maximum Gasteiger partial charge on any atom is 2.00 e. The summed E-state index contributed by atoms with van der Waals surface area (Å²) in [4.78, 5) is 27.4. The molecule has 0 saturated carbocycles. The second-order valence-electron chi connectivity index (χ2n) is 3.32. The van der Waals surface area contributed by atoms with Crippen molar-refractivity contribution in [1.82, 2.24) is 4.98 Å². The number of hydrogen-bond donors (Lipinski definition) is 2. The van der Waals surface area contributed by atoms with Gasteiger partial charge in [0.25, 0.3) is 0 Å². The monoisotopic (exact) mass is 375 g/mol. The Hall–Kier alpha value is -1.51. The molecule has 0 spiro atoms. The Morgan fingerprint density at radius 2 is 1.76 bits per heavy atom. The molecular weight excluding hydrogens is 362 g/mol. The Morgan fingerprint density at radius 1 is 1.14 bits per heavy atom. The number of halogens is 2. The number of aromatic nitrogens is 2. The van der Waals surface area contributed by atoms with E-state index in [1.54, 1.807) is 42.9 Å². The van der Waals surface area contributed by atoms with Crippen molar-refractivity contribution in [1.29, 1.82) is 0 Å². The Kier molecular flexibility index (Phi) is 15.7. The van der Waals surface area contributed by atoms with E-state index in [0.717, 1.165) is 0 Å². The van der Waals surface area contributed by atoms with Gasteiger partial charge in [0, 0.05) is 18.5 Å². The number of carbonyl (C=O) groups excluding carboxylic acids is 2.